The number of aliphatic hydroxyl groups is 1. The van der Waals surface area contributed by atoms with Crippen molar-refractivity contribution in [1.82, 2.24) is 10.2 Å². The molecule has 0 fully saturated rings. The van der Waals surface area contributed by atoms with Gasteiger partial charge < -0.3 is 15.3 Å². The molecule has 2 N–H and O–H groups in total. The molecule has 0 aromatic carbocycles. The highest BCUT2D eigenvalue weighted by molar-refractivity contribution is 5.76. The van der Waals surface area contributed by atoms with Crippen LogP contribution in [0.1, 0.15) is 40.5 Å². The van der Waals surface area contributed by atoms with Crippen LogP contribution in [0.15, 0.2) is 0 Å². The Hall–Kier alpha value is -0.610. The normalized spacial score (nSPS) is 11.6. The molecule has 0 aliphatic carbocycles. The van der Waals surface area contributed by atoms with Crippen LogP contribution in [0.25, 0.3) is 0 Å². The molecule has 0 saturated carbocycles. The number of carbonyl (C=O) groups excluding carboxylic acids is 1. The molecular weight excluding hydrogens is 204 g/mol. The van der Waals surface area contributed by atoms with Crippen molar-refractivity contribution in [2.24, 2.45) is 0 Å². The molecule has 0 aliphatic heterocycles. The van der Waals surface area contributed by atoms with Crippen LogP contribution in [-0.4, -0.2) is 47.7 Å². The lowest BCUT2D eigenvalue weighted by molar-refractivity contribution is -0.131. The van der Waals surface area contributed by atoms with Crippen LogP contribution in [-0.2, 0) is 4.79 Å². The highest BCUT2D eigenvalue weighted by Crippen LogP contribution is 2.00. The number of nitrogens with one attached hydrogen (secondary N) is 1. The number of carbonyl (C=O) groups is 1. The van der Waals surface area contributed by atoms with E-state index < -0.39 is 0 Å². The van der Waals surface area contributed by atoms with E-state index in [4.69, 9.17) is 5.11 Å². The second kappa shape index (κ2) is 7.63. The van der Waals surface area contributed by atoms with Crippen LogP contribution < -0.4 is 5.32 Å². The lowest BCUT2D eigenvalue weighted by Gasteiger charge is -2.23. The van der Waals surface area contributed by atoms with E-state index in [1.165, 1.54) is 0 Å². The van der Waals surface area contributed by atoms with E-state index in [0.29, 0.717) is 32.5 Å². The zero-order valence-corrected chi connectivity index (χ0v) is 11.0. The molecule has 0 heterocycles. The summed E-state index contributed by atoms with van der Waals surface area (Å²) >= 11 is 0. The highest BCUT2D eigenvalue weighted by Gasteiger charge is 2.13. The van der Waals surface area contributed by atoms with Gasteiger partial charge >= 0.3 is 0 Å². The Bertz CT molecular complexity index is 200. The smallest absolute Gasteiger partial charge is 0.223 e. The van der Waals surface area contributed by atoms with Gasteiger partial charge in [-0.1, -0.05) is 0 Å². The average Bonchev–Trinajstić information content (AvgIpc) is 2.17. The third-order valence-electron chi connectivity index (χ3n) is 2.31. The van der Waals surface area contributed by atoms with E-state index in [1.807, 2.05) is 6.92 Å². The predicted octanol–water partition coefficient (Wildman–Crippen LogP) is 0.995. The van der Waals surface area contributed by atoms with Gasteiger partial charge in [-0.15, -0.1) is 0 Å². The van der Waals surface area contributed by atoms with Crippen LogP contribution in [0.3, 0.4) is 0 Å². The second-order valence-electron chi connectivity index (χ2n) is 4.98. The molecule has 0 spiro atoms. The first-order chi connectivity index (χ1) is 7.40. The van der Waals surface area contributed by atoms with Crippen LogP contribution in [0.4, 0.5) is 0 Å². The Morgan fingerprint density at radius 3 is 2.44 bits per heavy atom. The number of nitrogens with zero attached hydrogens (tertiary/aromatic N) is 1. The molecular formula is C12H26N2O2. The second-order valence-corrected chi connectivity index (χ2v) is 4.98. The van der Waals surface area contributed by atoms with Crippen molar-refractivity contribution < 1.29 is 9.90 Å². The Kier molecular flexibility index (Phi) is 7.34. The summed E-state index contributed by atoms with van der Waals surface area (Å²) < 4.78 is 0. The zero-order chi connectivity index (χ0) is 12.6. The van der Waals surface area contributed by atoms with Crippen molar-refractivity contribution in [3.8, 4) is 0 Å². The largest absolute Gasteiger partial charge is 0.396 e. The average molecular weight is 230 g/mol. The van der Waals surface area contributed by atoms with Gasteiger partial charge in [-0.05, 0) is 34.1 Å². The molecule has 96 valence electrons. The van der Waals surface area contributed by atoms with Crippen LogP contribution >= 0.6 is 0 Å². The molecule has 0 saturated heterocycles. The summed E-state index contributed by atoms with van der Waals surface area (Å²) in [4.78, 5) is 13.6. The Morgan fingerprint density at radius 1 is 1.38 bits per heavy atom. The fraction of sp³-hybridized carbons (Fsp3) is 0.917. The van der Waals surface area contributed by atoms with Gasteiger partial charge in [0.05, 0.1) is 0 Å². The number of amides is 1. The molecule has 1 amide bonds. The molecule has 4 heteroatoms. The van der Waals surface area contributed by atoms with E-state index in [2.05, 4.69) is 26.1 Å². The zero-order valence-electron chi connectivity index (χ0n) is 11.0. The third-order valence-corrected chi connectivity index (χ3v) is 2.31. The quantitative estimate of drug-likeness (QED) is 0.686. The van der Waals surface area contributed by atoms with Crippen molar-refractivity contribution in [3.05, 3.63) is 0 Å². The van der Waals surface area contributed by atoms with Gasteiger partial charge in [-0.3, -0.25) is 4.79 Å². The number of hydrogen-bond acceptors (Lipinski definition) is 3. The first-order valence-corrected chi connectivity index (χ1v) is 6.04. The molecule has 0 atom stereocenters. The third kappa shape index (κ3) is 7.65. The SMILES string of the molecule is CCN(CCCO)C(=O)CCNC(C)(C)C. The lowest BCUT2D eigenvalue weighted by atomic mass is 10.1. The minimum atomic E-state index is 0.0580. The minimum Gasteiger partial charge on any atom is -0.396 e. The Balaban J connectivity index is 3.84. The van der Waals surface area contributed by atoms with Gasteiger partial charge in [-0.25, -0.2) is 0 Å². The number of aliphatic hydroxyl groups excluding tert-OH is 1. The monoisotopic (exact) mass is 230 g/mol. The highest BCUT2D eigenvalue weighted by atomic mass is 16.3. The molecule has 0 rings (SSSR count). The fourth-order valence-electron chi connectivity index (χ4n) is 1.42. The molecule has 16 heavy (non-hydrogen) atoms. The van der Waals surface area contributed by atoms with Crippen molar-refractivity contribution in [2.75, 3.05) is 26.2 Å². The van der Waals surface area contributed by atoms with Gasteiger partial charge in [-0.2, -0.15) is 0 Å². The van der Waals surface area contributed by atoms with Gasteiger partial charge in [0.15, 0.2) is 0 Å². The summed E-state index contributed by atoms with van der Waals surface area (Å²) in [5.41, 5.74) is 0.0580. The first-order valence-electron chi connectivity index (χ1n) is 6.04. The molecule has 0 aliphatic rings. The Morgan fingerprint density at radius 2 is 2.00 bits per heavy atom. The summed E-state index contributed by atoms with van der Waals surface area (Å²) in [6.07, 6.45) is 1.18. The van der Waals surface area contributed by atoms with E-state index in [-0.39, 0.29) is 18.1 Å². The molecule has 0 radical (unpaired) electrons. The Labute approximate surface area is 99.0 Å². The maximum absolute atomic E-state index is 11.8. The maximum Gasteiger partial charge on any atom is 0.223 e. The lowest BCUT2D eigenvalue weighted by Crippen LogP contribution is -2.40. The van der Waals surface area contributed by atoms with Gasteiger partial charge in [0.1, 0.15) is 0 Å². The summed E-state index contributed by atoms with van der Waals surface area (Å²) in [5.74, 6) is 0.160. The van der Waals surface area contributed by atoms with Crippen LogP contribution in [0.2, 0.25) is 0 Å². The first kappa shape index (κ1) is 15.4. The number of rotatable bonds is 7. The molecule has 0 aromatic rings. The minimum absolute atomic E-state index is 0.0580. The summed E-state index contributed by atoms with van der Waals surface area (Å²) in [6, 6.07) is 0. The van der Waals surface area contributed by atoms with E-state index in [9.17, 15) is 4.79 Å². The van der Waals surface area contributed by atoms with Crippen LogP contribution in [0, 0.1) is 0 Å². The van der Waals surface area contributed by atoms with Gasteiger partial charge in [0.2, 0.25) is 5.91 Å². The van der Waals surface area contributed by atoms with Gasteiger partial charge in [0.25, 0.3) is 0 Å². The summed E-state index contributed by atoms with van der Waals surface area (Å²) in [6.45, 7) is 10.4. The predicted molar refractivity (Wildman–Crippen MR) is 66.3 cm³/mol. The van der Waals surface area contributed by atoms with E-state index >= 15 is 0 Å². The van der Waals surface area contributed by atoms with Crippen molar-refractivity contribution in [3.63, 3.8) is 0 Å². The fourth-order valence-corrected chi connectivity index (χ4v) is 1.42. The maximum atomic E-state index is 11.8. The summed E-state index contributed by atoms with van der Waals surface area (Å²) in [5, 5.41) is 12.0. The molecule has 4 nitrogen and oxygen atoms in total. The molecule has 0 bridgehead atoms. The van der Waals surface area contributed by atoms with E-state index in [1.54, 1.807) is 4.90 Å². The van der Waals surface area contributed by atoms with Gasteiger partial charge in [0, 0.05) is 38.2 Å². The van der Waals surface area contributed by atoms with Crippen molar-refractivity contribution in [1.29, 1.82) is 0 Å². The summed E-state index contributed by atoms with van der Waals surface area (Å²) in [7, 11) is 0. The van der Waals surface area contributed by atoms with Crippen molar-refractivity contribution in [2.45, 2.75) is 46.1 Å². The molecule has 0 aromatic heterocycles. The van der Waals surface area contributed by atoms with E-state index in [0.717, 1.165) is 0 Å². The van der Waals surface area contributed by atoms with Crippen LogP contribution in [0.5, 0.6) is 0 Å². The standard InChI is InChI=1S/C12H26N2O2/c1-5-14(9-6-10-15)11(16)7-8-13-12(2,3)4/h13,15H,5-10H2,1-4H3. The van der Waals surface area contributed by atoms with Crippen molar-refractivity contribution >= 4 is 5.91 Å². The molecule has 0 unspecified atom stereocenters. The number of hydrogen-bond donors (Lipinski definition) is 2. The topological polar surface area (TPSA) is 52.6 Å².